The summed E-state index contributed by atoms with van der Waals surface area (Å²) in [5.74, 6) is -0.325. The van der Waals surface area contributed by atoms with Crippen molar-refractivity contribution in [2.45, 2.75) is 51.9 Å². The van der Waals surface area contributed by atoms with Crippen molar-refractivity contribution in [2.75, 3.05) is 16.8 Å². The topological polar surface area (TPSA) is 108 Å². The summed E-state index contributed by atoms with van der Waals surface area (Å²) in [5, 5.41) is 13.7. The van der Waals surface area contributed by atoms with Gasteiger partial charge in [-0.25, -0.2) is 4.68 Å². The van der Waals surface area contributed by atoms with Gasteiger partial charge in [0.2, 0.25) is 17.7 Å². The van der Waals surface area contributed by atoms with Crippen LogP contribution in [0.1, 0.15) is 44.6 Å². The summed E-state index contributed by atoms with van der Waals surface area (Å²) < 4.78 is 1.60. The molecule has 1 aromatic carbocycles. The first-order chi connectivity index (χ1) is 14.9. The number of hydrogen-bond acceptors (Lipinski definition) is 5. The Morgan fingerprint density at radius 1 is 1.23 bits per heavy atom. The standard InChI is InChI=1S/C22H28N6O3/c1-3-7-16-12-19(29)25-22(23-16)28-18(10-14(2)26-28)24-21(31)15-11-20(30)27(13-15)17-8-5-4-6-9-17/h4-6,8-10,15-16,22-23H,3,7,11-13H2,1-2H3,(H,24,31)(H,25,29). The van der Waals surface area contributed by atoms with Gasteiger partial charge in [-0.2, -0.15) is 5.10 Å². The van der Waals surface area contributed by atoms with Gasteiger partial charge in [-0.15, -0.1) is 0 Å². The summed E-state index contributed by atoms with van der Waals surface area (Å²) in [7, 11) is 0. The largest absolute Gasteiger partial charge is 0.322 e. The Balaban J connectivity index is 1.47. The van der Waals surface area contributed by atoms with E-state index in [-0.39, 0.29) is 30.2 Å². The quantitative estimate of drug-likeness (QED) is 0.657. The molecule has 0 spiro atoms. The normalized spacial score (nSPS) is 23.7. The van der Waals surface area contributed by atoms with Gasteiger partial charge in [-0.05, 0) is 25.5 Å². The molecule has 3 N–H and O–H groups in total. The number of nitrogens with zero attached hydrogens (tertiary/aromatic N) is 3. The van der Waals surface area contributed by atoms with Crippen LogP contribution in [0.25, 0.3) is 0 Å². The minimum absolute atomic E-state index is 0.0486. The van der Waals surface area contributed by atoms with E-state index in [0.717, 1.165) is 24.2 Å². The summed E-state index contributed by atoms with van der Waals surface area (Å²) in [6.45, 7) is 4.24. The lowest BCUT2D eigenvalue weighted by molar-refractivity contribution is -0.125. The van der Waals surface area contributed by atoms with Crippen LogP contribution in [0.15, 0.2) is 36.4 Å². The molecule has 1 aromatic heterocycles. The third-order valence-corrected chi connectivity index (χ3v) is 5.68. The highest BCUT2D eigenvalue weighted by molar-refractivity contribution is 6.03. The van der Waals surface area contributed by atoms with Crippen molar-refractivity contribution in [3.05, 3.63) is 42.1 Å². The van der Waals surface area contributed by atoms with Crippen molar-refractivity contribution >= 4 is 29.2 Å². The fourth-order valence-electron chi connectivity index (χ4n) is 4.20. The molecule has 2 aliphatic rings. The Morgan fingerprint density at radius 3 is 2.74 bits per heavy atom. The fourth-order valence-corrected chi connectivity index (χ4v) is 4.20. The van der Waals surface area contributed by atoms with Crippen LogP contribution in [0.5, 0.6) is 0 Å². The Morgan fingerprint density at radius 2 is 2.00 bits per heavy atom. The van der Waals surface area contributed by atoms with Crippen LogP contribution in [0.2, 0.25) is 0 Å². The van der Waals surface area contributed by atoms with Crippen molar-refractivity contribution in [1.82, 2.24) is 20.4 Å². The van der Waals surface area contributed by atoms with Gasteiger partial charge in [-0.1, -0.05) is 31.5 Å². The molecule has 0 aliphatic carbocycles. The Hall–Kier alpha value is -3.20. The van der Waals surface area contributed by atoms with E-state index < -0.39 is 12.2 Å². The molecule has 164 valence electrons. The summed E-state index contributed by atoms with van der Waals surface area (Å²) in [6, 6.07) is 11.2. The lowest BCUT2D eigenvalue weighted by Gasteiger charge is -2.32. The van der Waals surface area contributed by atoms with E-state index in [0.29, 0.717) is 18.8 Å². The van der Waals surface area contributed by atoms with Crippen LogP contribution in [-0.2, 0) is 14.4 Å². The van der Waals surface area contributed by atoms with E-state index in [1.165, 1.54) is 0 Å². The monoisotopic (exact) mass is 424 g/mol. The van der Waals surface area contributed by atoms with Crippen LogP contribution >= 0.6 is 0 Å². The van der Waals surface area contributed by atoms with Crippen LogP contribution < -0.4 is 20.9 Å². The fraction of sp³-hybridized carbons (Fsp3) is 0.455. The van der Waals surface area contributed by atoms with Gasteiger partial charge in [0, 0.05) is 37.2 Å². The first kappa shape index (κ1) is 21.0. The highest BCUT2D eigenvalue weighted by Gasteiger charge is 2.36. The van der Waals surface area contributed by atoms with E-state index in [4.69, 9.17) is 0 Å². The van der Waals surface area contributed by atoms with Crippen LogP contribution in [0, 0.1) is 12.8 Å². The van der Waals surface area contributed by atoms with E-state index in [1.807, 2.05) is 37.3 Å². The maximum Gasteiger partial charge on any atom is 0.230 e. The lowest BCUT2D eigenvalue weighted by atomic mass is 10.1. The molecule has 9 heteroatoms. The number of para-hydroxylation sites is 1. The molecule has 4 rings (SSSR count). The van der Waals surface area contributed by atoms with Crippen molar-refractivity contribution < 1.29 is 14.4 Å². The number of hydrogen-bond donors (Lipinski definition) is 3. The molecule has 0 radical (unpaired) electrons. The highest BCUT2D eigenvalue weighted by Crippen LogP contribution is 2.26. The zero-order chi connectivity index (χ0) is 22.0. The van der Waals surface area contributed by atoms with Gasteiger partial charge >= 0.3 is 0 Å². The molecule has 3 unspecified atom stereocenters. The predicted octanol–water partition coefficient (Wildman–Crippen LogP) is 1.92. The number of amides is 3. The molecule has 2 saturated heterocycles. The van der Waals surface area contributed by atoms with Crippen LogP contribution in [0.4, 0.5) is 11.5 Å². The van der Waals surface area contributed by atoms with Crippen molar-refractivity contribution in [2.24, 2.45) is 5.92 Å². The van der Waals surface area contributed by atoms with Gasteiger partial charge in [-0.3, -0.25) is 19.7 Å². The molecular formula is C22H28N6O3. The molecule has 2 fully saturated rings. The average molecular weight is 425 g/mol. The summed E-state index contributed by atoms with van der Waals surface area (Å²) in [4.78, 5) is 39.2. The zero-order valence-electron chi connectivity index (χ0n) is 17.8. The summed E-state index contributed by atoms with van der Waals surface area (Å²) in [5.41, 5.74) is 1.51. The predicted molar refractivity (Wildman–Crippen MR) is 116 cm³/mol. The number of anilines is 2. The van der Waals surface area contributed by atoms with Crippen molar-refractivity contribution in [3.8, 4) is 0 Å². The maximum atomic E-state index is 13.0. The third kappa shape index (κ3) is 4.61. The number of carbonyl (C=O) groups excluding carboxylic acids is 3. The van der Waals surface area contributed by atoms with Gasteiger partial charge in [0.25, 0.3) is 0 Å². The molecule has 9 nitrogen and oxygen atoms in total. The molecule has 3 atom stereocenters. The first-order valence-corrected chi connectivity index (χ1v) is 10.7. The zero-order valence-corrected chi connectivity index (χ0v) is 17.8. The van der Waals surface area contributed by atoms with Gasteiger partial charge in [0.15, 0.2) is 6.29 Å². The van der Waals surface area contributed by atoms with E-state index in [1.54, 1.807) is 15.6 Å². The smallest absolute Gasteiger partial charge is 0.230 e. The lowest BCUT2D eigenvalue weighted by Crippen LogP contribution is -2.53. The molecule has 0 bridgehead atoms. The molecule has 2 aliphatic heterocycles. The average Bonchev–Trinajstić information content (AvgIpc) is 3.31. The molecular weight excluding hydrogens is 396 g/mol. The van der Waals surface area contributed by atoms with E-state index >= 15 is 0 Å². The van der Waals surface area contributed by atoms with E-state index in [9.17, 15) is 14.4 Å². The second-order valence-electron chi connectivity index (χ2n) is 8.17. The number of nitrogens with one attached hydrogen (secondary N) is 3. The molecule has 31 heavy (non-hydrogen) atoms. The minimum Gasteiger partial charge on any atom is -0.322 e. The maximum absolute atomic E-state index is 13.0. The van der Waals surface area contributed by atoms with Crippen molar-refractivity contribution in [3.63, 3.8) is 0 Å². The Labute approximate surface area is 181 Å². The van der Waals surface area contributed by atoms with Gasteiger partial charge < -0.3 is 15.5 Å². The molecule has 3 heterocycles. The summed E-state index contributed by atoms with van der Waals surface area (Å²) in [6.07, 6.45) is 1.89. The van der Waals surface area contributed by atoms with Crippen LogP contribution in [0.3, 0.4) is 0 Å². The SMILES string of the molecule is CCCC1CC(=O)NC(n2nc(C)cc2NC(=O)C2CC(=O)N(c3ccccc3)C2)N1. The second kappa shape index (κ2) is 8.89. The molecule has 3 amide bonds. The highest BCUT2D eigenvalue weighted by atomic mass is 16.2. The second-order valence-corrected chi connectivity index (χ2v) is 8.17. The minimum atomic E-state index is -0.534. The van der Waals surface area contributed by atoms with Gasteiger partial charge in [0.1, 0.15) is 5.82 Å². The third-order valence-electron chi connectivity index (χ3n) is 5.68. The Kier molecular flexibility index (Phi) is 6.03. The summed E-state index contributed by atoms with van der Waals surface area (Å²) >= 11 is 0. The molecule has 0 saturated carbocycles. The number of rotatable bonds is 6. The number of aromatic nitrogens is 2. The van der Waals surface area contributed by atoms with Crippen LogP contribution in [-0.4, -0.2) is 40.1 Å². The first-order valence-electron chi connectivity index (χ1n) is 10.7. The Bertz CT molecular complexity index is 973. The number of aryl methyl sites for hydroxylation is 1. The number of carbonyl (C=O) groups is 3. The van der Waals surface area contributed by atoms with Crippen molar-refractivity contribution in [1.29, 1.82) is 0 Å². The molecule has 2 aromatic rings. The van der Waals surface area contributed by atoms with E-state index in [2.05, 4.69) is 28.0 Å². The number of benzene rings is 1. The van der Waals surface area contributed by atoms with Gasteiger partial charge in [0.05, 0.1) is 11.6 Å².